The molecule has 0 radical (unpaired) electrons. The molecular weight excluding hydrogens is 224 g/mol. The molecule has 0 unspecified atom stereocenters. The van der Waals surface area contributed by atoms with Crippen LogP contribution in [-0.4, -0.2) is 17.0 Å². The summed E-state index contributed by atoms with van der Waals surface area (Å²) in [4.78, 5) is 8.62. The van der Waals surface area contributed by atoms with Crippen LogP contribution in [0.3, 0.4) is 0 Å². The molecule has 0 spiro atoms. The Hall–Kier alpha value is -2.10. The first-order valence-corrected chi connectivity index (χ1v) is 6.10. The Morgan fingerprint density at radius 3 is 2.33 bits per heavy atom. The first-order chi connectivity index (χ1) is 8.71. The summed E-state index contributed by atoms with van der Waals surface area (Å²) in [6, 6.07) is 10.3. The number of aryl methyl sites for hydroxylation is 2. The average molecular weight is 242 g/mol. The van der Waals surface area contributed by atoms with Crippen LogP contribution in [0.1, 0.15) is 18.3 Å². The normalized spacial score (nSPS) is 10.2. The van der Waals surface area contributed by atoms with Crippen molar-refractivity contribution in [2.45, 2.75) is 20.3 Å². The largest absolute Gasteiger partial charge is 0.373 e. The molecule has 0 saturated heterocycles. The Kier molecular flexibility index (Phi) is 3.77. The minimum absolute atomic E-state index is 0.745. The van der Waals surface area contributed by atoms with Gasteiger partial charge in [0.1, 0.15) is 17.5 Å². The van der Waals surface area contributed by atoms with E-state index in [2.05, 4.69) is 51.8 Å². The Bertz CT molecular complexity index is 520. The third kappa shape index (κ3) is 2.97. The summed E-state index contributed by atoms with van der Waals surface area (Å²) in [6.07, 6.45) is 1.05. The molecule has 4 heteroatoms. The number of nitrogens with zero attached hydrogens (tertiary/aromatic N) is 2. The number of hydrogen-bond acceptors (Lipinski definition) is 4. The zero-order valence-electron chi connectivity index (χ0n) is 11.0. The molecule has 0 bridgehead atoms. The van der Waals surface area contributed by atoms with Crippen molar-refractivity contribution < 1.29 is 0 Å². The molecule has 0 aliphatic carbocycles. The fraction of sp³-hybridized carbons (Fsp3) is 0.286. The lowest BCUT2D eigenvalue weighted by Crippen LogP contribution is -2.01. The highest BCUT2D eigenvalue weighted by molar-refractivity contribution is 5.59. The lowest BCUT2D eigenvalue weighted by Gasteiger charge is -2.08. The van der Waals surface area contributed by atoms with E-state index in [1.165, 1.54) is 5.56 Å². The van der Waals surface area contributed by atoms with Gasteiger partial charge in [-0.05, 0) is 31.0 Å². The second-order valence-corrected chi connectivity index (χ2v) is 4.11. The van der Waals surface area contributed by atoms with Crippen molar-refractivity contribution in [3.8, 4) is 0 Å². The second-order valence-electron chi connectivity index (χ2n) is 4.11. The van der Waals surface area contributed by atoms with Gasteiger partial charge in [-0.3, -0.25) is 0 Å². The SMILES string of the molecule is CCc1ccc(Nc2cc(NC)nc(C)n2)cc1. The van der Waals surface area contributed by atoms with Crippen LogP contribution in [0.4, 0.5) is 17.3 Å². The van der Waals surface area contributed by atoms with E-state index in [0.29, 0.717) is 0 Å². The molecular formula is C14H18N4. The molecule has 2 aromatic rings. The van der Waals surface area contributed by atoms with Crippen molar-refractivity contribution in [3.05, 3.63) is 41.7 Å². The van der Waals surface area contributed by atoms with E-state index in [-0.39, 0.29) is 0 Å². The molecule has 0 saturated carbocycles. The maximum atomic E-state index is 4.36. The number of nitrogens with one attached hydrogen (secondary N) is 2. The van der Waals surface area contributed by atoms with Crippen molar-refractivity contribution in [1.29, 1.82) is 0 Å². The second kappa shape index (κ2) is 5.49. The molecule has 1 heterocycles. The number of aromatic nitrogens is 2. The lowest BCUT2D eigenvalue weighted by molar-refractivity contribution is 1.05. The van der Waals surface area contributed by atoms with Gasteiger partial charge in [-0.2, -0.15) is 0 Å². The molecule has 1 aromatic heterocycles. The Labute approximate surface area is 107 Å². The summed E-state index contributed by atoms with van der Waals surface area (Å²) >= 11 is 0. The average Bonchev–Trinajstić information content (AvgIpc) is 2.39. The molecule has 0 atom stereocenters. The van der Waals surface area contributed by atoms with Gasteiger partial charge in [0, 0.05) is 18.8 Å². The van der Waals surface area contributed by atoms with Crippen LogP contribution < -0.4 is 10.6 Å². The maximum absolute atomic E-state index is 4.36. The number of anilines is 3. The van der Waals surface area contributed by atoms with Crippen molar-refractivity contribution >= 4 is 17.3 Å². The quantitative estimate of drug-likeness (QED) is 0.864. The van der Waals surface area contributed by atoms with Crippen LogP contribution in [0.25, 0.3) is 0 Å². The number of benzene rings is 1. The molecule has 18 heavy (non-hydrogen) atoms. The number of rotatable bonds is 4. The molecule has 0 fully saturated rings. The van der Waals surface area contributed by atoms with E-state index < -0.39 is 0 Å². The predicted molar refractivity (Wildman–Crippen MR) is 75.4 cm³/mol. The van der Waals surface area contributed by atoms with Gasteiger partial charge in [0.05, 0.1) is 0 Å². The zero-order chi connectivity index (χ0) is 13.0. The molecule has 2 rings (SSSR count). The standard InChI is InChI=1S/C14H18N4/c1-4-11-5-7-12(8-6-11)18-14-9-13(15-3)16-10(2)17-14/h5-9H,4H2,1-3H3,(H2,15,16,17,18). The summed E-state index contributed by atoms with van der Waals surface area (Å²) < 4.78 is 0. The van der Waals surface area contributed by atoms with Gasteiger partial charge in [0.15, 0.2) is 0 Å². The Morgan fingerprint density at radius 1 is 1.06 bits per heavy atom. The summed E-state index contributed by atoms with van der Waals surface area (Å²) in [5, 5.41) is 6.30. The molecule has 0 amide bonds. The van der Waals surface area contributed by atoms with E-state index in [9.17, 15) is 0 Å². The van der Waals surface area contributed by atoms with Gasteiger partial charge < -0.3 is 10.6 Å². The third-order valence-corrected chi connectivity index (χ3v) is 2.73. The van der Waals surface area contributed by atoms with Crippen LogP contribution in [-0.2, 0) is 6.42 Å². The van der Waals surface area contributed by atoms with Gasteiger partial charge >= 0.3 is 0 Å². The first kappa shape index (κ1) is 12.4. The van der Waals surface area contributed by atoms with Crippen molar-refractivity contribution in [2.75, 3.05) is 17.7 Å². The number of hydrogen-bond donors (Lipinski definition) is 2. The van der Waals surface area contributed by atoms with Gasteiger partial charge in [-0.1, -0.05) is 19.1 Å². The lowest BCUT2D eigenvalue weighted by atomic mass is 10.1. The molecule has 1 aromatic carbocycles. The van der Waals surface area contributed by atoms with E-state index in [1.807, 2.05) is 20.0 Å². The Morgan fingerprint density at radius 2 is 1.72 bits per heavy atom. The van der Waals surface area contributed by atoms with Gasteiger partial charge in [0.2, 0.25) is 0 Å². The molecule has 94 valence electrons. The van der Waals surface area contributed by atoms with Crippen LogP contribution in [0.5, 0.6) is 0 Å². The highest BCUT2D eigenvalue weighted by atomic mass is 15.1. The monoisotopic (exact) mass is 242 g/mol. The van der Waals surface area contributed by atoms with E-state index >= 15 is 0 Å². The fourth-order valence-electron chi connectivity index (χ4n) is 1.73. The fourth-order valence-corrected chi connectivity index (χ4v) is 1.73. The van der Waals surface area contributed by atoms with Gasteiger partial charge in [0.25, 0.3) is 0 Å². The van der Waals surface area contributed by atoms with Crippen LogP contribution in [0.15, 0.2) is 30.3 Å². The smallest absolute Gasteiger partial charge is 0.136 e. The van der Waals surface area contributed by atoms with Crippen molar-refractivity contribution in [1.82, 2.24) is 9.97 Å². The first-order valence-electron chi connectivity index (χ1n) is 6.10. The minimum atomic E-state index is 0.745. The highest BCUT2D eigenvalue weighted by Gasteiger charge is 2.01. The molecule has 0 aliphatic heterocycles. The highest BCUT2D eigenvalue weighted by Crippen LogP contribution is 2.17. The van der Waals surface area contributed by atoms with E-state index in [0.717, 1.165) is 29.6 Å². The summed E-state index contributed by atoms with van der Waals surface area (Å²) in [5.74, 6) is 2.36. The van der Waals surface area contributed by atoms with Crippen LogP contribution in [0.2, 0.25) is 0 Å². The minimum Gasteiger partial charge on any atom is -0.373 e. The van der Waals surface area contributed by atoms with Crippen molar-refractivity contribution in [3.63, 3.8) is 0 Å². The maximum Gasteiger partial charge on any atom is 0.136 e. The van der Waals surface area contributed by atoms with Crippen LogP contribution in [0, 0.1) is 6.92 Å². The van der Waals surface area contributed by atoms with Crippen LogP contribution >= 0.6 is 0 Å². The summed E-state index contributed by atoms with van der Waals surface area (Å²) in [5.41, 5.74) is 2.36. The molecule has 2 N–H and O–H groups in total. The van der Waals surface area contributed by atoms with Gasteiger partial charge in [-0.15, -0.1) is 0 Å². The van der Waals surface area contributed by atoms with Crippen molar-refractivity contribution in [2.24, 2.45) is 0 Å². The van der Waals surface area contributed by atoms with Gasteiger partial charge in [-0.25, -0.2) is 9.97 Å². The molecule has 0 aliphatic rings. The zero-order valence-corrected chi connectivity index (χ0v) is 11.0. The summed E-state index contributed by atoms with van der Waals surface area (Å²) in [7, 11) is 1.85. The molecule has 4 nitrogen and oxygen atoms in total. The Balaban J connectivity index is 2.19. The topological polar surface area (TPSA) is 49.8 Å². The third-order valence-electron chi connectivity index (χ3n) is 2.73. The predicted octanol–water partition coefficient (Wildman–Crippen LogP) is 3.13. The van der Waals surface area contributed by atoms with E-state index in [1.54, 1.807) is 0 Å². The summed E-state index contributed by atoms with van der Waals surface area (Å²) in [6.45, 7) is 4.03. The van der Waals surface area contributed by atoms with E-state index in [4.69, 9.17) is 0 Å².